The highest BCUT2D eigenvalue weighted by Gasteiger charge is 2.09. The van der Waals surface area contributed by atoms with E-state index in [4.69, 9.17) is 9.15 Å². The second-order valence-electron chi connectivity index (χ2n) is 5.45. The van der Waals surface area contributed by atoms with Gasteiger partial charge < -0.3 is 19.4 Å². The molecular weight excluding hydrogens is 339 g/mol. The van der Waals surface area contributed by atoms with Crippen LogP contribution in [0.5, 0.6) is 17.2 Å². The Balaban J connectivity index is 1.61. The molecule has 0 saturated carbocycles. The van der Waals surface area contributed by atoms with Gasteiger partial charge in [0.25, 0.3) is 0 Å². The number of furan rings is 1. The van der Waals surface area contributed by atoms with Crippen molar-refractivity contribution in [3.8, 4) is 17.2 Å². The van der Waals surface area contributed by atoms with E-state index in [1.165, 1.54) is 48.6 Å². The number of ether oxygens (including phenoxy) is 1. The van der Waals surface area contributed by atoms with E-state index in [0.29, 0.717) is 17.3 Å². The number of hydrogen-bond donors (Lipinski definition) is 2. The zero-order valence-corrected chi connectivity index (χ0v) is 13.6. The monoisotopic (exact) mass is 354 g/mol. The molecule has 2 N–H and O–H groups in total. The number of benzene rings is 2. The van der Waals surface area contributed by atoms with Crippen LogP contribution in [0.4, 0.5) is 4.39 Å². The van der Waals surface area contributed by atoms with Crippen molar-refractivity contribution >= 4 is 11.9 Å². The van der Waals surface area contributed by atoms with Gasteiger partial charge in [0.15, 0.2) is 5.78 Å². The van der Waals surface area contributed by atoms with Gasteiger partial charge in [-0.2, -0.15) is 0 Å². The highest BCUT2D eigenvalue weighted by molar-refractivity contribution is 6.08. The van der Waals surface area contributed by atoms with E-state index in [1.807, 2.05) is 0 Å². The minimum atomic E-state index is -0.428. The molecule has 0 radical (unpaired) electrons. The van der Waals surface area contributed by atoms with Crippen LogP contribution in [0.15, 0.2) is 65.1 Å². The Bertz CT molecular complexity index is 941. The normalized spacial score (nSPS) is 11.0. The summed E-state index contributed by atoms with van der Waals surface area (Å²) in [6, 6.07) is 12.8. The minimum absolute atomic E-state index is 0.0745. The van der Waals surface area contributed by atoms with Crippen LogP contribution in [0.25, 0.3) is 6.08 Å². The number of halogens is 1. The van der Waals surface area contributed by atoms with E-state index >= 15 is 0 Å². The molecule has 0 bridgehead atoms. The highest BCUT2D eigenvalue weighted by Crippen LogP contribution is 2.23. The first-order valence-corrected chi connectivity index (χ1v) is 7.73. The SMILES string of the molecule is O=C(/C=C/c1ccc(COc2ccc(F)cc2)o1)c1ccc(O)cc1O. The van der Waals surface area contributed by atoms with Crippen molar-refractivity contribution in [2.24, 2.45) is 0 Å². The van der Waals surface area contributed by atoms with Crippen molar-refractivity contribution < 1.29 is 28.6 Å². The Hall–Kier alpha value is -3.54. The van der Waals surface area contributed by atoms with Crippen LogP contribution in [0, 0.1) is 5.82 Å². The Morgan fingerprint density at radius 2 is 1.85 bits per heavy atom. The van der Waals surface area contributed by atoms with Crippen molar-refractivity contribution in [2.75, 3.05) is 0 Å². The number of ketones is 1. The molecule has 0 aliphatic rings. The number of allylic oxidation sites excluding steroid dienone is 1. The first-order valence-electron chi connectivity index (χ1n) is 7.73. The summed E-state index contributed by atoms with van der Waals surface area (Å²) >= 11 is 0. The maximum Gasteiger partial charge on any atom is 0.189 e. The zero-order chi connectivity index (χ0) is 18.5. The molecule has 132 valence electrons. The van der Waals surface area contributed by atoms with Crippen LogP contribution < -0.4 is 4.74 Å². The quantitative estimate of drug-likeness (QED) is 0.509. The Kier molecular flexibility index (Phi) is 5.03. The number of hydrogen-bond acceptors (Lipinski definition) is 5. The fourth-order valence-corrected chi connectivity index (χ4v) is 2.22. The lowest BCUT2D eigenvalue weighted by Gasteiger charge is -2.03. The Morgan fingerprint density at radius 3 is 2.58 bits per heavy atom. The van der Waals surface area contributed by atoms with E-state index < -0.39 is 5.78 Å². The second kappa shape index (κ2) is 7.57. The molecule has 1 heterocycles. The predicted octanol–water partition coefficient (Wildman–Crippen LogP) is 4.31. The number of carbonyl (C=O) groups excluding carboxylic acids is 1. The highest BCUT2D eigenvalue weighted by atomic mass is 19.1. The number of rotatable bonds is 6. The smallest absolute Gasteiger partial charge is 0.189 e. The third-order valence-electron chi connectivity index (χ3n) is 3.52. The lowest BCUT2D eigenvalue weighted by atomic mass is 10.1. The maximum atomic E-state index is 12.8. The van der Waals surface area contributed by atoms with E-state index in [1.54, 1.807) is 12.1 Å². The predicted molar refractivity (Wildman–Crippen MR) is 92.6 cm³/mol. The van der Waals surface area contributed by atoms with Gasteiger partial charge in [0.2, 0.25) is 0 Å². The molecule has 5 nitrogen and oxygen atoms in total. The standard InChI is InChI=1S/C20H15FO5/c21-13-1-4-15(5-2-13)25-12-17-7-6-16(26-17)8-10-19(23)18-9-3-14(22)11-20(18)24/h1-11,22,24H,12H2/b10-8+. The van der Waals surface area contributed by atoms with Crippen molar-refractivity contribution in [3.63, 3.8) is 0 Å². The van der Waals surface area contributed by atoms with Gasteiger partial charge in [-0.15, -0.1) is 0 Å². The summed E-state index contributed by atoms with van der Waals surface area (Å²) in [6.45, 7) is 0.159. The first-order chi connectivity index (χ1) is 12.5. The molecule has 0 aliphatic heterocycles. The Morgan fingerprint density at radius 1 is 1.08 bits per heavy atom. The number of phenols is 2. The van der Waals surface area contributed by atoms with Crippen molar-refractivity contribution in [1.82, 2.24) is 0 Å². The van der Waals surface area contributed by atoms with Gasteiger partial charge in [-0.05, 0) is 60.7 Å². The van der Waals surface area contributed by atoms with Gasteiger partial charge in [0, 0.05) is 6.07 Å². The fourth-order valence-electron chi connectivity index (χ4n) is 2.22. The van der Waals surface area contributed by atoms with Gasteiger partial charge >= 0.3 is 0 Å². The van der Waals surface area contributed by atoms with Crippen LogP contribution >= 0.6 is 0 Å². The lowest BCUT2D eigenvalue weighted by Crippen LogP contribution is -1.94. The number of aromatic hydroxyl groups is 2. The minimum Gasteiger partial charge on any atom is -0.508 e. The summed E-state index contributed by atoms with van der Waals surface area (Å²) in [5.41, 5.74) is 0.0745. The second-order valence-corrected chi connectivity index (χ2v) is 5.45. The average Bonchev–Trinajstić information content (AvgIpc) is 3.07. The molecule has 0 spiro atoms. The van der Waals surface area contributed by atoms with Crippen molar-refractivity contribution in [2.45, 2.75) is 6.61 Å². The summed E-state index contributed by atoms with van der Waals surface area (Å²) in [7, 11) is 0. The summed E-state index contributed by atoms with van der Waals surface area (Å²) in [5, 5.41) is 18.9. The third kappa shape index (κ3) is 4.30. The number of carbonyl (C=O) groups is 1. The van der Waals surface area contributed by atoms with E-state index in [0.717, 1.165) is 6.07 Å². The maximum absolute atomic E-state index is 12.8. The molecule has 0 fully saturated rings. The van der Waals surface area contributed by atoms with Crippen molar-refractivity contribution in [1.29, 1.82) is 0 Å². The van der Waals surface area contributed by atoms with Crippen LogP contribution in [-0.2, 0) is 6.61 Å². The van der Waals surface area contributed by atoms with Crippen LogP contribution in [0.1, 0.15) is 21.9 Å². The van der Waals surface area contributed by atoms with Gasteiger partial charge in [-0.1, -0.05) is 0 Å². The van der Waals surface area contributed by atoms with Gasteiger partial charge in [0.1, 0.15) is 41.2 Å². The Labute approximate surface area is 148 Å². The molecule has 26 heavy (non-hydrogen) atoms. The molecule has 1 aromatic heterocycles. The van der Waals surface area contributed by atoms with Gasteiger partial charge in [-0.3, -0.25) is 4.79 Å². The zero-order valence-electron chi connectivity index (χ0n) is 13.6. The summed E-state index contributed by atoms with van der Waals surface area (Å²) in [6.07, 6.45) is 2.73. The van der Waals surface area contributed by atoms with Gasteiger partial charge in [0.05, 0.1) is 5.56 Å². The van der Waals surface area contributed by atoms with Crippen LogP contribution in [0.2, 0.25) is 0 Å². The first kappa shape index (κ1) is 17.3. The largest absolute Gasteiger partial charge is 0.508 e. The molecule has 0 unspecified atom stereocenters. The van der Waals surface area contributed by atoms with Crippen LogP contribution in [0.3, 0.4) is 0 Å². The van der Waals surface area contributed by atoms with E-state index in [-0.39, 0.29) is 29.5 Å². The molecular formula is C20H15FO5. The summed E-state index contributed by atoms with van der Waals surface area (Å²) in [5.74, 6) is 0.295. The molecule has 3 aromatic rings. The summed E-state index contributed by atoms with van der Waals surface area (Å²) < 4.78 is 23.8. The van der Waals surface area contributed by atoms with Gasteiger partial charge in [-0.25, -0.2) is 4.39 Å². The fraction of sp³-hybridized carbons (Fsp3) is 0.0500. The van der Waals surface area contributed by atoms with Crippen molar-refractivity contribution in [3.05, 3.63) is 83.6 Å². The molecule has 0 atom stereocenters. The molecule has 2 aromatic carbocycles. The number of phenolic OH excluding ortho intramolecular Hbond substituents is 2. The topological polar surface area (TPSA) is 79.9 Å². The lowest BCUT2D eigenvalue weighted by molar-refractivity contribution is 0.104. The van der Waals surface area contributed by atoms with E-state index in [9.17, 15) is 19.4 Å². The third-order valence-corrected chi connectivity index (χ3v) is 3.52. The molecule has 3 rings (SSSR count). The molecule has 0 aliphatic carbocycles. The average molecular weight is 354 g/mol. The molecule has 6 heteroatoms. The molecule has 0 saturated heterocycles. The molecule has 0 amide bonds. The van der Waals surface area contributed by atoms with Crippen LogP contribution in [-0.4, -0.2) is 16.0 Å². The van der Waals surface area contributed by atoms with E-state index in [2.05, 4.69) is 0 Å². The summed E-state index contributed by atoms with van der Waals surface area (Å²) in [4.78, 5) is 12.1.